The van der Waals surface area contributed by atoms with Crippen LogP contribution >= 0.6 is 0 Å². The van der Waals surface area contributed by atoms with E-state index in [0.717, 1.165) is 23.4 Å². The van der Waals surface area contributed by atoms with Crippen LogP contribution in [0, 0.1) is 5.92 Å². The van der Waals surface area contributed by atoms with Gasteiger partial charge in [0.05, 0.1) is 6.04 Å². The lowest BCUT2D eigenvalue weighted by Crippen LogP contribution is -2.30. The van der Waals surface area contributed by atoms with Crippen LogP contribution in [0.5, 0.6) is 0 Å². The number of carbonyl (C=O) groups excluding carboxylic acids is 1. The van der Waals surface area contributed by atoms with Gasteiger partial charge >= 0.3 is 0 Å². The van der Waals surface area contributed by atoms with Crippen molar-refractivity contribution in [3.05, 3.63) is 132 Å². The smallest absolute Gasteiger partial charge is 0.258 e. The molecule has 0 aromatic heterocycles. The molecule has 7 rings (SSSR count). The zero-order valence-corrected chi connectivity index (χ0v) is 20.8. The summed E-state index contributed by atoms with van der Waals surface area (Å²) in [4.78, 5) is 15.1. The third kappa shape index (κ3) is 3.54. The number of hydrogen-bond donors (Lipinski definition) is 1. The number of fused-ring (bicyclic) bond motifs is 5. The van der Waals surface area contributed by atoms with Gasteiger partial charge in [0.1, 0.15) is 0 Å². The Labute approximate surface area is 217 Å². The van der Waals surface area contributed by atoms with Gasteiger partial charge in [-0.3, -0.25) is 4.79 Å². The zero-order chi connectivity index (χ0) is 24.9. The van der Waals surface area contributed by atoms with E-state index in [-0.39, 0.29) is 17.9 Å². The molecule has 3 heteroatoms. The predicted molar refractivity (Wildman–Crippen MR) is 153 cm³/mol. The minimum absolute atomic E-state index is 0.00898. The van der Waals surface area contributed by atoms with Gasteiger partial charge in [0.25, 0.3) is 5.91 Å². The molecule has 0 saturated heterocycles. The van der Waals surface area contributed by atoms with Crippen molar-refractivity contribution in [2.45, 2.75) is 18.4 Å². The number of amides is 1. The Morgan fingerprint density at radius 2 is 1.49 bits per heavy atom. The molecule has 37 heavy (non-hydrogen) atoms. The fourth-order valence-electron chi connectivity index (χ4n) is 6.36. The minimum Gasteiger partial charge on any atom is -0.378 e. The molecular formula is C34H28N2O. The Kier molecular flexibility index (Phi) is 5.10. The molecule has 180 valence electrons. The average Bonchev–Trinajstić information content (AvgIpc) is 3.46. The first-order chi connectivity index (χ1) is 18.2. The van der Waals surface area contributed by atoms with E-state index in [1.54, 1.807) is 4.90 Å². The van der Waals surface area contributed by atoms with Gasteiger partial charge in [-0.1, -0.05) is 78.9 Å². The Hall–Kier alpha value is -4.37. The molecular weight excluding hydrogens is 452 g/mol. The van der Waals surface area contributed by atoms with E-state index in [2.05, 4.69) is 84.2 Å². The van der Waals surface area contributed by atoms with E-state index in [1.165, 1.54) is 32.7 Å². The quantitative estimate of drug-likeness (QED) is 0.209. The molecule has 1 heterocycles. The molecule has 1 aliphatic carbocycles. The van der Waals surface area contributed by atoms with Crippen LogP contribution in [0.1, 0.15) is 39.9 Å². The highest BCUT2D eigenvalue weighted by molar-refractivity contribution is 6.06. The Morgan fingerprint density at radius 3 is 2.22 bits per heavy atom. The largest absolute Gasteiger partial charge is 0.378 e. The number of allylic oxidation sites excluding steroid dienone is 2. The Morgan fingerprint density at radius 1 is 0.811 bits per heavy atom. The molecule has 0 radical (unpaired) electrons. The van der Waals surface area contributed by atoms with Crippen LogP contribution in [0.3, 0.4) is 0 Å². The van der Waals surface area contributed by atoms with Crippen molar-refractivity contribution in [2.75, 3.05) is 17.3 Å². The van der Waals surface area contributed by atoms with Gasteiger partial charge in [0.15, 0.2) is 0 Å². The molecule has 5 aromatic rings. The van der Waals surface area contributed by atoms with Crippen LogP contribution in [-0.4, -0.2) is 13.0 Å². The van der Waals surface area contributed by atoms with Gasteiger partial charge in [-0.05, 0) is 81.4 Å². The van der Waals surface area contributed by atoms with Crippen LogP contribution in [0.15, 0.2) is 115 Å². The van der Waals surface area contributed by atoms with E-state index in [1.807, 2.05) is 43.4 Å². The molecule has 1 N–H and O–H groups in total. The number of benzene rings is 5. The van der Waals surface area contributed by atoms with E-state index >= 15 is 0 Å². The van der Waals surface area contributed by atoms with Crippen molar-refractivity contribution in [1.29, 1.82) is 0 Å². The van der Waals surface area contributed by atoms with Crippen molar-refractivity contribution in [3.63, 3.8) is 0 Å². The van der Waals surface area contributed by atoms with Crippen molar-refractivity contribution >= 4 is 38.8 Å². The lowest BCUT2D eigenvalue weighted by atomic mass is 9.74. The summed E-state index contributed by atoms with van der Waals surface area (Å²) in [7, 11) is 1.84. The number of para-hydroxylation sites is 1. The highest BCUT2D eigenvalue weighted by Crippen LogP contribution is 2.52. The van der Waals surface area contributed by atoms with E-state index in [9.17, 15) is 4.79 Å². The molecule has 3 nitrogen and oxygen atoms in total. The summed E-state index contributed by atoms with van der Waals surface area (Å²) in [6.07, 6.45) is 5.68. The SMILES string of the molecule is CN(C(=O)c1ccc2c(c1)C1C=CCC1C(c1c3ccccc3cc3ccccc13)N2)c1ccccc1. The summed E-state index contributed by atoms with van der Waals surface area (Å²) >= 11 is 0. The molecule has 0 fully saturated rings. The highest BCUT2D eigenvalue weighted by atomic mass is 16.2. The van der Waals surface area contributed by atoms with E-state index < -0.39 is 0 Å². The first-order valence-electron chi connectivity index (χ1n) is 13.0. The minimum atomic E-state index is 0.00898. The lowest BCUT2D eigenvalue weighted by molar-refractivity contribution is 0.0993. The molecule has 3 unspecified atom stereocenters. The summed E-state index contributed by atoms with van der Waals surface area (Å²) in [6.45, 7) is 0. The van der Waals surface area contributed by atoms with Crippen molar-refractivity contribution < 1.29 is 4.79 Å². The fraction of sp³-hybridized carbons (Fsp3) is 0.147. The third-order valence-electron chi connectivity index (χ3n) is 8.18. The summed E-state index contributed by atoms with van der Waals surface area (Å²) in [5, 5.41) is 9.10. The average molecular weight is 481 g/mol. The van der Waals surface area contributed by atoms with Gasteiger partial charge in [-0.2, -0.15) is 0 Å². The molecule has 0 bridgehead atoms. The van der Waals surface area contributed by atoms with Crippen LogP contribution in [0.2, 0.25) is 0 Å². The van der Waals surface area contributed by atoms with Gasteiger partial charge in [0.2, 0.25) is 0 Å². The van der Waals surface area contributed by atoms with Crippen molar-refractivity contribution in [2.24, 2.45) is 5.92 Å². The van der Waals surface area contributed by atoms with Crippen LogP contribution in [0.4, 0.5) is 11.4 Å². The number of rotatable bonds is 3. The molecule has 0 spiro atoms. The standard InChI is InChI=1S/C34H28N2O/c1-36(25-12-3-2-4-13-25)34(37)24-18-19-31-30(21-24)28-16-9-17-29(28)33(35-31)32-26-14-7-5-10-22(26)20-23-11-6-8-15-27(23)32/h2-16,18-21,28-29,33,35H,17H2,1H3. The van der Waals surface area contributed by atoms with Gasteiger partial charge < -0.3 is 10.2 Å². The number of carbonyl (C=O) groups is 1. The van der Waals surface area contributed by atoms with E-state index in [4.69, 9.17) is 0 Å². The summed E-state index contributed by atoms with van der Waals surface area (Å²) < 4.78 is 0. The number of nitrogens with zero attached hydrogens (tertiary/aromatic N) is 1. The van der Waals surface area contributed by atoms with Crippen molar-refractivity contribution in [3.8, 4) is 0 Å². The maximum atomic E-state index is 13.4. The number of anilines is 2. The monoisotopic (exact) mass is 480 g/mol. The Bertz CT molecular complexity index is 1630. The van der Waals surface area contributed by atoms with Crippen molar-refractivity contribution in [1.82, 2.24) is 0 Å². The van der Waals surface area contributed by atoms with Crippen LogP contribution in [-0.2, 0) is 0 Å². The summed E-state index contributed by atoms with van der Waals surface area (Å²) in [5.74, 6) is 0.669. The maximum Gasteiger partial charge on any atom is 0.258 e. The van der Waals surface area contributed by atoms with Gasteiger partial charge in [-0.15, -0.1) is 0 Å². The maximum absolute atomic E-state index is 13.4. The molecule has 0 saturated carbocycles. The number of nitrogens with one attached hydrogen (secondary N) is 1. The lowest BCUT2D eigenvalue weighted by Gasteiger charge is -2.39. The molecule has 1 aliphatic heterocycles. The fourth-order valence-corrected chi connectivity index (χ4v) is 6.36. The number of hydrogen-bond acceptors (Lipinski definition) is 2. The zero-order valence-electron chi connectivity index (χ0n) is 20.8. The van der Waals surface area contributed by atoms with E-state index in [0.29, 0.717) is 5.92 Å². The molecule has 3 atom stereocenters. The first-order valence-corrected chi connectivity index (χ1v) is 13.0. The van der Waals surface area contributed by atoms with Gasteiger partial charge in [0, 0.05) is 29.9 Å². The van der Waals surface area contributed by atoms with Crippen LogP contribution in [0.25, 0.3) is 21.5 Å². The highest BCUT2D eigenvalue weighted by Gasteiger charge is 2.39. The summed E-state index contributed by atoms with van der Waals surface area (Å²) in [5.41, 5.74) is 5.33. The predicted octanol–water partition coefficient (Wildman–Crippen LogP) is 8.10. The second kappa shape index (κ2) is 8.63. The normalized spacial score (nSPS) is 19.9. The van der Waals surface area contributed by atoms with Crippen LogP contribution < -0.4 is 10.2 Å². The second-order valence-electron chi connectivity index (χ2n) is 10.2. The second-order valence-corrected chi connectivity index (χ2v) is 10.2. The molecule has 1 amide bonds. The topological polar surface area (TPSA) is 32.3 Å². The molecule has 2 aliphatic rings. The summed E-state index contributed by atoms with van der Waals surface area (Å²) in [6, 6.07) is 35.9. The third-order valence-corrected chi connectivity index (χ3v) is 8.18. The molecule has 5 aromatic carbocycles. The Balaban J connectivity index is 1.33. The van der Waals surface area contributed by atoms with Gasteiger partial charge in [-0.25, -0.2) is 0 Å². The first kappa shape index (κ1) is 21.9.